The number of halogens is 1. The van der Waals surface area contributed by atoms with Crippen LogP contribution < -0.4 is 0 Å². The van der Waals surface area contributed by atoms with Crippen LogP contribution in [0.5, 0.6) is 0 Å². The summed E-state index contributed by atoms with van der Waals surface area (Å²) in [5.41, 5.74) is 2.73. The molecule has 1 N–H and O–H groups in total. The van der Waals surface area contributed by atoms with Crippen LogP contribution in [0.2, 0.25) is 0 Å². The van der Waals surface area contributed by atoms with Crippen molar-refractivity contribution < 1.29 is 9.90 Å². The SMILES string of the molecule is CCc1ccc(C#N)c(CC(=O)O)c1CCl. The smallest absolute Gasteiger partial charge is 0.307 e. The minimum absolute atomic E-state index is 0.154. The highest BCUT2D eigenvalue weighted by molar-refractivity contribution is 6.17. The van der Waals surface area contributed by atoms with E-state index in [1.807, 2.05) is 19.1 Å². The van der Waals surface area contributed by atoms with Gasteiger partial charge in [-0.2, -0.15) is 5.26 Å². The number of rotatable bonds is 4. The van der Waals surface area contributed by atoms with Crippen LogP contribution in [0.1, 0.15) is 29.2 Å². The van der Waals surface area contributed by atoms with Gasteiger partial charge in [0, 0.05) is 5.88 Å². The van der Waals surface area contributed by atoms with Gasteiger partial charge in [-0.05, 0) is 29.2 Å². The zero-order chi connectivity index (χ0) is 12.1. The van der Waals surface area contributed by atoms with Crippen LogP contribution in [0.3, 0.4) is 0 Å². The van der Waals surface area contributed by atoms with Crippen LogP contribution >= 0.6 is 11.6 Å². The first-order chi connectivity index (χ1) is 7.63. The van der Waals surface area contributed by atoms with Gasteiger partial charge in [0.15, 0.2) is 0 Å². The minimum Gasteiger partial charge on any atom is -0.481 e. The Balaban J connectivity index is 3.37. The molecule has 0 atom stereocenters. The first-order valence-electron chi connectivity index (χ1n) is 4.95. The zero-order valence-corrected chi connectivity index (χ0v) is 9.71. The number of hydrogen-bond acceptors (Lipinski definition) is 2. The fourth-order valence-corrected chi connectivity index (χ4v) is 2.03. The maximum Gasteiger partial charge on any atom is 0.307 e. The fraction of sp³-hybridized carbons (Fsp3) is 0.333. The van der Waals surface area contributed by atoms with Gasteiger partial charge in [-0.15, -0.1) is 11.6 Å². The number of carboxylic acids is 1. The molecule has 4 heteroatoms. The van der Waals surface area contributed by atoms with E-state index in [0.29, 0.717) is 11.1 Å². The van der Waals surface area contributed by atoms with E-state index in [1.54, 1.807) is 6.07 Å². The van der Waals surface area contributed by atoms with E-state index in [9.17, 15) is 4.79 Å². The third kappa shape index (κ3) is 2.53. The molecule has 1 aromatic rings. The van der Waals surface area contributed by atoms with Crippen LogP contribution in [0.25, 0.3) is 0 Å². The van der Waals surface area contributed by atoms with E-state index >= 15 is 0 Å². The first kappa shape index (κ1) is 12.5. The third-order valence-electron chi connectivity index (χ3n) is 2.49. The molecule has 16 heavy (non-hydrogen) atoms. The van der Waals surface area contributed by atoms with E-state index < -0.39 is 5.97 Å². The van der Waals surface area contributed by atoms with Crippen molar-refractivity contribution in [3.8, 4) is 6.07 Å². The van der Waals surface area contributed by atoms with E-state index in [2.05, 4.69) is 0 Å². The molecular formula is C12H12ClNO2. The average molecular weight is 238 g/mol. The summed E-state index contributed by atoms with van der Waals surface area (Å²) in [4.78, 5) is 10.8. The molecule has 1 aromatic carbocycles. The third-order valence-corrected chi connectivity index (χ3v) is 2.76. The number of benzene rings is 1. The van der Waals surface area contributed by atoms with Crippen LogP contribution in [0.4, 0.5) is 0 Å². The maximum absolute atomic E-state index is 10.8. The van der Waals surface area contributed by atoms with Crippen molar-refractivity contribution in [3.05, 3.63) is 34.4 Å². The quantitative estimate of drug-likeness (QED) is 0.819. The summed E-state index contributed by atoms with van der Waals surface area (Å²) in [6, 6.07) is 5.50. The second-order valence-corrected chi connectivity index (χ2v) is 3.67. The maximum atomic E-state index is 10.8. The van der Waals surface area contributed by atoms with Crippen molar-refractivity contribution in [2.45, 2.75) is 25.6 Å². The molecule has 0 saturated carbocycles. The Hall–Kier alpha value is -1.53. The second kappa shape index (κ2) is 5.53. The van der Waals surface area contributed by atoms with Crippen LogP contribution in [-0.4, -0.2) is 11.1 Å². The highest BCUT2D eigenvalue weighted by atomic mass is 35.5. The summed E-state index contributed by atoms with van der Waals surface area (Å²) in [6.45, 7) is 1.97. The number of nitrogens with zero attached hydrogens (tertiary/aromatic N) is 1. The molecule has 0 aromatic heterocycles. The van der Waals surface area contributed by atoms with E-state index in [0.717, 1.165) is 17.5 Å². The molecule has 84 valence electrons. The topological polar surface area (TPSA) is 61.1 Å². The Kier molecular flexibility index (Phi) is 4.33. The molecule has 0 fully saturated rings. The van der Waals surface area contributed by atoms with Crippen molar-refractivity contribution in [1.29, 1.82) is 5.26 Å². The van der Waals surface area contributed by atoms with Crippen LogP contribution in [0, 0.1) is 11.3 Å². The molecule has 0 aliphatic carbocycles. The first-order valence-corrected chi connectivity index (χ1v) is 5.49. The average Bonchev–Trinajstić information content (AvgIpc) is 2.27. The molecule has 0 amide bonds. The molecule has 1 rings (SSSR count). The van der Waals surface area contributed by atoms with E-state index in [-0.39, 0.29) is 12.3 Å². The Morgan fingerprint density at radius 1 is 1.50 bits per heavy atom. The molecule has 0 heterocycles. The number of hydrogen-bond donors (Lipinski definition) is 1. The summed E-state index contributed by atoms with van der Waals surface area (Å²) in [6.07, 6.45) is 0.624. The highest BCUT2D eigenvalue weighted by Gasteiger charge is 2.14. The summed E-state index contributed by atoms with van der Waals surface area (Å²) >= 11 is 5.83. The van der Waals surface area contributed by atoms with Gasteiger partial charge < -0.3 is 5.11 Å². The number of carboxylic acid groups (broad SMARTS) is 1. The number of nitriles is 1. The Morgan fingerprint density at radius 3 is 2.62 bits per heavy atom. The summed E-state index contributed by atoms with van der Waals surface area (Å²) in [5.74, 6) is -0.711. The summed E-state index contributed by atoms with van der Waals surface area (Å²) in [7, 11) is 0. The summed E-state index contributed by atoms with van der Waals surface area (Å²) in [5, 5.41) is 17.7. The number of carbonyl (C=O) groups is 1. The second-order valence-electron chi connectivity index (χ2n) is 3.40. The number of aliphatic carboxylic acids is 1. The van der Waals surface area contributed by atoms with Crippen LogP contribution in [-0.2, 0) is 23.5 Å². The lowest BCUT2D eigenvalue weighted by atomic mass is 9.94. The normalized spacial score (nSPS) is 9.81. The molecule has 0 aliphatic heterocycles. The molecular weight excluding hydrogens is 226 g/mol. The monoisotopic (exact) mass is 237 g/mol. The Morgan fingerprint density at radius 2 is 2.19 bits per heavy atom. The predicted molar refractivity (Wildman–Crippen MR) is 61.4 cm³/mol. The Labute approximate surface area is 99.3 Å². The fourth-order valence-electron chi connectivity index (χ4n) is 1.70. The lowest BCUT2D eigenvalue weighted by Crippen LogP contribution is -2.07. The van der Waals surface area contributed by atoms with E-state index in [1.165, 1.54) is 0 Å². The largest absolute Gasteiger partial charge is 0.481 e. The van der Waals surface area contributed by atoms with Gasteiger partial charge in [0.2, 0.25) is 0 Å². The van der Waals surface area contributed by atoms with Crippen molar-refractivity contribution in [2.75, 3.05) is 0 Å². The zero-order valence-electron chi connectivity index (χ0n) is 8.96. The van der Waals surface area contributed by atoms with Crippen molar-refractivity contribution in [2.24, 2.45) is 0 Å². The van der Waals surface area contributed by atoms with Gasteiger partial charge in [0.05, 0.1) is 18.1 Å². The van der Waals surface area contributed by atoms with Gasteiger partial charge in [0.25, 0.3) is 0 Å². The molecule has 0 bridgehead atoms. The van der Waals surface area contributed by atoms with Crippen molar-refractivity contribution in [3.63, 3.8) is 0 Å². The van der Waals surface area contributed by atoms with Crippen LogP contribution in [0.15, 0.2) is 12.1 Å². The molecule has 0 spiro atoms. The van der Waals surface area contributed by atoms with Gasteiger partial charge in [-0.1, -0.05) is 13.0 Å². The standard InChI is InChI=1S/C12H12ClNO2/c1-2-8-3-4-9(7-14)10(5-12(15)16)11(8)6-13/h3-4H,2,5-6H2,1H3,(H,15,16). The van der Waals surface area contributed by atoms with Gasteiger partial charge >= 0.3 is 5.97 Å². The molecule has 0 radical (unpaired) electrons. The van der Waals surface area contributed by atoms with Gasteiger partial charge in [-0.3, -0.25) is 4.79 Å². The molecule has 0 saturated heterocycles. The summed E-state index contributed by atoms with van der Waals surface area (Å²) < 4.78 is 0. The molecule has 0 aliphatic rings. The highest BCUT2D eigenvalue weighted by Crippen LogP contribution is 2.22. The predicted octanol–water partition coefficient (Wildman–Crippen LogP) is 2.49. The Bertz CT molecular complexity index is 449. The van der Waals surface area contributed by atoms with E-state index in [4.69, 9.17) is 22.0 Å². The number of aryl methyl sites for hydroxylation is 1. The van der Waals surface area contributed by atoms with Crippen molar-refractivity contribution >= 4 is 17.6 Å². The molecule has 0 unspecified atom stereocenters. The minimum atomic E-state index is -0.948. The van der Waals surface area contributed by atoms with Crippen molar-refractivity contribution in [1.82, 2.24) is 0 Å². The van der Waals surface area contributed by atoms with Gasteiger partial charge in [-0.25, -0.2) is 0 Å². The van der Waals surface area contributed by atoms with Gasteiger partial charge in [0.1, 0.15) is 0 Å². The molecule has 3 nitrogen and oxygen atoms in total. The lowest BCUT2D eigenvalue weighted by molar-refractivity contribution is -0.136. The lowest BCUT2D eigenvalue weighted by Gasteiger charge is -2.11. The number of alkyl halides is 1.